The third-order valence-corrected chi connectivity index (χ3v) is 6.95. The number of carbonyl (C=O) groups is 1. The molecule has 0 aliphatic carbocycles. The van der Waals surface area contributed by atoms with E-state index in [0.29, 0.717) is 39.2 Å². The van der Waals surface area contributed by atoms with E-state index in [2.05, 4.69) is 15.6 Å². The van der Waals surface area contributed by atoms with Crippen molar-refractivity contribution in [3.63, 3.8) is 0 Å². The molecule has 40 heavy (non-hydrogen) atoms. The Balaban J connectivity index is 1.56. The van der Waals surface area contributed by atoms with Crippen molar-refractivity contribution in [2.24, 2.45) is 4.99 Å². The number of halogens is 2. The summed E-state index contributed by atoms with van der Waals surface area (Å²) < 4.78 is 15.6. The van der Waals surface area contributed by atoms with Crippen molar-refractivity contribution in [2.45, 2.75) is 13.0 Å². The monoisotopic (exact) mass is 558 g/mol. The van der Waals surface area contributed by atoms with E-state index in [1.165, 1.54) is 18.2 Å². The minimum absolute atomic E-state index is 0.184. The first kappa shape index (κ1) is 27.2. The van der Waals surface area contributed by atoms with Gasteiger partial charge in [0.25, 0.3) is 0 Å². The predicted octanol–water partition coefficient (Wildman–Crippen LogP) is 5.77. The van der Waals surface area contributed by atoms with Crippen LogP contribution in [-0.4, -0.2) is 53.9 Å². The van der Waals surface area contributed by atoms with Crippen LogP contribution in [0.2, 0.25) is 5.02 Å². The molecule has 2 heterocycles. The van der Waals surface area contributed by atoms with Crippen LogP contribution >= 0.6 is 11.6 Å². The Morgan fingerprint density at radius 2 is 1.93 bits per heavy atom. The Morgan fingerprint density at radius 1 is 1.12 bits per heavy atom. The molecule has 0 saturated heterocycles. The van der Waals surface area contributed by atoms with Crippen molar-refractivity contribution < 1.29 is 14.3 Å². The Labute approximate surface area is 236 Å². The molecule has 0 fully saturated rings. The number of aromatic nitrogens is 2. The molecule has 0 spiro atoms. The zero-order chi connectivity index (χ0) is 28.2. The lowest BCUT2D eigenvalue weighted by Gasteiger charge is -2.24. The quantitative estimate of drug-likeness (QED) is 0.224. The number of hydrogen-bond donors (Lipinski definition) is 3. The maximum atomic E-state index is 15.6. The maximum absolute atomic E-state index is 15.6. The highest BCUT2D eigenvalue weighted by atomic mass is 35.5. The van der Waals surface area contributed by atoms with Crippen LogP contribution in [-0.2, 0) is 6.54 Å². The van der Waals surface area contributed by atoms with Gasteiger partial charge in [-0.25, -0.2) is 19.2 Å². The summed E-state index contributed by atoms with van der Waals surface area (Å²) >= 11 is 6.46. The van der Waals surface area contributed by atoms with Gasteiger partial charge in [0.2, 0.25) is 5.95 Å². The van der Waals surface area contributed by atoms with Crippen molar-refractivity contribution in [3.8, 4) is 11.3 Å². The molecule has 0 amide bonds. The van der Waals surface area contributed by atoms with E-state index in [9.17, 15) is 4.79 Å². The Hall–Kier alpha value is -4.34. The lowest BCUT2D eigenvalue weighted by atomic mass is 9.94. The average Bonchev–Trinajstić information content (AvgIpc) is 3.09. The van der Waals surface area contributed by atoms with Gasteiger partial charge in [0.05, 0.1) is 29.1 Å². The lowest BCUT2D eigenvalue weighted by molar-refractivity contribution is 0.0697. The second-order valence-corrected chi connectivity index (χ2v) is 9.88. The number of nitrogens with one attached hydrogen (secondary N) is 2. The molecule has 1 aliphatic heterocycles. The summed E-state index contributed by atoms with van der Waals surface area (Å²) in [6.45, 7) is 1.84. The van der Waals surface area contributed by atoms with Crippen molar-refractivity contribution >= 4 is 40.6 Å². The predicted molar refractivity (Wildman–Crippen MR) is 157 cm³/mol. The van der Waals surface area contributed by atoms with Crippen LogP contribution < -0.4 is 15.5 Å². The molecule has 1 aromatic heterocycles. The maximum Gasteiger partial charge on any atom is 0.335 e. The van der Waals surface area contributed by atoms with E-state index in [1.54, 1.807) is 36.5 Å². The molecule has 10 heteroatoms. The topological polar surface area (TPSA) is 103 Å². The van der Waals surface area contributed by atoms with E-state index in [1.807, 2.05) is 31.1 Å². The molecule has 0 saturated carbocycles. The van der Waals surface area contributed by atoms with Crippen molar-refractivity contribution in [1.82, 2.24) is 15.3 Å². The summed E-state index contributed by atoms with van der Waals surface area (Å²) in [5.41, 5.74) is 5.36. The van der Waals surface area contributed by atoms with Gasteiger partial charge in [0.1, 0.15) is 5.82 Å². The average molecular weight is 559 g/mol. The number of carboxylic acids is 1. The van der Waals surface area contributed by atoms with Gasteiger partial charge in [-0.15, -0.1) is 0 Å². The fraction of sp³-hybridized carbons (Fsp3) is 0.200. The van der Waals surface area contributed by atoms with Crippen LogP contribution in [0.4, 0.5) is 21.7 Å². The highest BCUT2D eigenvalue weighted by Crippen LogP contribution is 2.36. The van der Waals surface area contributed by atoms with Gasteiger partial charge >= 0.3 is 5.97 Å². The first-order chi connectivity index (χ1) is 19.4. The van der Waals surface area contributed by atoms with E-state index in [0.717, 1.165) is 36.3 Å². The van der Waals surface area contributed by atoms with Crippen LogP contribution in [0.1, 0.15) is 33.5 Å². The Morgan fingerprint density at radius 3 is 2.67 bits per heavy atom. The fourth-order valence-electron chi connectivity index (χ4n) is 4.70. The van der Waals surface area contributed by atoms with Crippen LogP contribution in [0.15, 0.2) is 71.9 Å². The zero-order valence-corrected chi connectivity index (χ0v) is 22.8. The number of hydrogen-bond acceptors (Lipinski definition) is 7. The number of benzene rings is 3. The SMILES string of the molecule is CNCCCN(C)c1cccc(F)c1C1=NCc2cnc(Nc3ccc(C(=O)O)cc3)nc2-c2ccc(Cl)cc21. The number of nitrogens with zero attached hydrogens (tertiary/aromatic N) is 4. The number of aliphatic imine (C=N–C) groups is 1. The smallest absolute Gasteiger partial charge is 0.335 e. The first-order valence-electron chi connectivity index (χ1n) is 12.8. The third-order valence-electron chi connectivity index (χ3n) is 6.71. The number of rotatable bonds is 9. The molecule has 3 aromatic carbocycles. The largest absolute Gasteiger partial charge is 0.478 e. The third kappa shape index (κ3) is 5.66. The number of anilines is 3. The number of carboxylic acid groups (broad SMARTS) is 1. The molecule has 1 aliphatic rings. The molecular weight excluding hydrogens is 531 g/mol. The summed E-state index contributed by atoms with van der Waals surface area (Å²) in [7, 11) is 3.86. The molecule has 0 radical (unpaired) electrons. The summed E-state index contributed by atoms with van der Waals surface area (Å²) in [5, 5.41) is 15.9. The van der Waals surface area contributed by atoms with Crippen molar-refractivity contribution in [2.75, 3.05) is 37.4 Å². The van der Waals surface area contributed by atoms with Gasteiger partial charge in [0.15, 0.2) is 0 Å². The Kier molecular flexibility index (Phi) is 8.04. The first-order valence-corrected chi connectivity index (χ1v) is 13.2. The van der Waals surface area contributed by atoms with Gasteiger partial charge in [-0.2, -0.15) is 0 Å². The Bertz CT molecular complexity index is 1590. The van der Waals surface area contributed by atoms with E-state index < -0.39 is 5.97 Å². The molecule has 4 aromatic rings. The van der Waals surface area contributed by atoms with Crippen molar-refractivity contribution in [3.05, 3.63) is 100.0 Å². The fourth-order valence-corrected chi connectivity index (χ4v) is 4.87. The summed E-state index contributed by atoms with van der Waals surface area (Å²) in [4.78, 5) is 27.3. The summed E-state index contributed by atoms with van der Waals surface area (Å²) in [5.74, 6) is -1.03. The van der Waals surface area contributed by atoms with Crippen molar-refractivity contribution in [1.29, 1.82) is 0 Å². The van der Waals surface area contributed by atoms with Gasteiger partial charge in [-0.05, 0) is 68.5 Å². The van der Waals surface area contributed by atoms with E-state index in [-0.39, 0.29) is 17.9 Å². The molecule has 5 rings (SSSR count). The number of fused-ring (bicyclic) bond motifs is 3. The summed E-state index contributed by atoms with van der Waals surface area (Å²) in [6, 6.07) is 16.8. The molecular formula is C30H28ClFN6O2. The van der Waals surface area contributed by atoms with Crippen LogP contribution in [0, 0.1) is 5.82 Å². The zero-order valence-electron chi connectivity index (χ0n) is 22.1. The van der Waals surface area contributed by atoms with Gasteiger partial charge in [0, 0.05) is 52.9 Å². The van der Waals surface area contributed by atoms with Crippen LogP contribution in [0.3, 0.4) is 0 Å². The normalized spacial score (nSPS) is 12.2. The van der Waals surface area contributed by atoms with Crippen LogP contribution in [0.5, 0.6) is 0 Å². The van der Waals surface area contributed by atoms with Gasteiger partial charge in [-0.1, -0.05) is 23.7 Å². The molecule has 0 bridgehead atoms. The molecule has 3 N–H and O–H groups in total. The standard InChI is InChI=1S/C30H28ClFN6O2/c1-33-13-4-14-38(2)25-6-3-5-24(32)26(25)28-23-15-20(31)9-12-22(23)27-19(16-34-28)17-35-30(37-27)36-21-10-7-18(8-11-21)29(39)40/h3,5-12,15,17,33H,4,13-14,16H2,1-2H3,(H,39,40)(H,35,36,37). The highest BCUT2D eigenvalue weighted by molar-refractivity contribution is 6.32. The van der Waals surface area contributed by atoms with Crippen LogP contribution in [0.25, 0.3) is 11.3 Å². The number of aromatic carboxylic acids is 1. The highest BCUT2D eigenvalue weighted by Gasteiger charge is 2.26. The van der Waals surface area contributed by atoms with E-state index >= 15 is 4.39 Å². The van der Waals surface area contributed by atoms with Gasteiger partial charge in [-0.3, -0.25) is 4.99 Å². The summed E-state index contributed by atoms with van der Waals surface area (Å²) in [6.07, 6.45) is 2.60. The molecule has 204 valence electrons. The minimum Gasteiger partial charge on any atom is -0.478 e. The molecule has 0 atom stereocenters. The molecule has 0 unspecified atom stereocenters. The second kappa shape index (κ2) is 11.8. The lowest BCUT2D eigenvalue weighted by Crippen LogP contribution is -2.25. The molecule has 8 nitrogen and oxygen atoms in total. The minimum atomic E-state index is -0.999. The van der Waals surface area contributed by atoms with Gasteiger partial charge < -0.3 is 20.6 Å². The second-order valence-electron chi connectivity index (χ2n) is 9.44. The van der Waals surface area contributed by atoms with E-state index in [4.69, 9.17) is 26.7 Å².